The molecule has 1 aromatic rings. The van der Waals surface area contributed by atoms with E-state index in [4.69, 9.17) is 0 Å². The molecule has 0 atom stereocenters. The summed E-state index contributed by atoms with van der Waals surface area (Å²) in [6.45, 7) is 3.66. The average molecular weight is 131 g/mol. The van der Waals surface area contributed by atoms with Crippen molar-refractivity contribution in [2.45, 2.75) is 6.42 Å². The Hall–Kier alpha value is -1.04. The van der Waals surface area contributed by atoms with Gasteiger partial charge in [-0.2, -0.15) is 0 Å². The molecule has 1 aromatic carbocycles. The summed E-state index contributed by atoms with van der Waals surface area (Å²) in [5.74, 6) is 0. The van der Waals surface area contributed by atoms with E-state index in [0.717, 1.165) is 6.42 Å². The van der Waals surface area contributed by atoms with Crippen molar-refractivity contribution in [3.05, 3.63) is 56.0 Å². The number of hydrogen-bond acceptors (Lipinski definition) is 0. The van der Waals surface area contributed by atoms with Gasteiger partial charge in [0.15, 0.2) is 0 Å². The number of benzene rings is 1. The van der Waals surface area contributed by atoms with Crippen LogP contribution < -0.4 is 0 Å². The molecule has 10 heavy (non-hydrogen) atoms. The SMILES string of the molecule is C=CCc1ccccc1.[CH]. The lowest BCUT2D eigenvalue weighted by Gasteiger charge is -1.91. The summed E-state index contributed by atoms with van der Waals surface area (Å²) < 4.78 is 0. The van der Waals surface area contributed by atoms with E-state index in [1.807, 2.05) is 24.3 Å². The van der Waals surface area contributed by atoms with Crippen LogP contribution in [0.3, 0.4) is 0 Å². The summed E-state index contributed by atoms with van der Waals surface area (Å²) in [5.41, 5.74) is 1.33. The third-order valence-electron chi connectivity index (χ3n) is 1.22. The van der Waals surface area contributed by atoms with E-state index in [1.165, 1.54) is 5.56 Å². The monoisotopic (exact) mass is 131 g/mol. The zero-order chi connectivity index (χ0) is 6.53. The fraction of sp³-hybridized carbons (Fsp3) is 0.100. The molecule has 1 rings (SSSR count). The van der Waals surface area contributed by atoms with Crippen LogP contribution in [0, 0.1) is 7.43 Å². The van der Waals surface area contributed by atoms with Crippen molar-refractivity contribution in [3.8, 4) is 0 Å². The molecule has 0 aliphatic carbocycles. The van der Waals surface area contributed by atoms with E-state index in [-0.39, 0.29) is 7.43 Å². The van der Waals surface area contributed by atoms with Crippen molar-refractivity contribution in [2.24, 2.45) is 0 Å². The van der Waals surface area contributed by atoms with E-state index in [9.17, 15) is 0 Å². The molecule has 0 saturated carbocycles. The van der Waals surface area contributed by atoms with E-state index >= 15 is 0 Å². The zero-order valence-corrected chi connectivity index (χ0v) is 5.96. The molecule has 0 heteroatoms. The Labute approximate surface area is 63.2 Å². The van der Waals surface area contributed by atoms with E-state index < -0.39 is 0 Å². The molecule has 3 radical (unpaired) electrons. The van der Waals surface area contributed by atoms with Crippen molar-refractivity contribution in [1.29, 1.82) is 0 Å². The Morgan fingerprint density at radius 3 is 2.30 bits per heavy atom. The summed E-state index contributed by atoms with van der Waals surface area (Å²) in [6.07, 6.45) is 2.89. The van der Waals surface area contributed by atoms with Crippen LogP contribution >= 0.6 is 0 Å². The molecule has 0 aliphatic heterocycles. The lowest BCUT2D eigenvalue weighted by molar-refractivity contribution is 1.28. The van der Waals surface area contributed by atoms with Gasteiger partial charge in [-0.1, -0.05) is 36.4 Å². The highest BCUT2D eigenvalue weighted by molar-refractivity contribution is 5.16. The van der Waals surface area contributed by atoms with Gasteiger partial charge in [0.05, 0.1) is 0 Å². The average Bonchev–Trinajstić information content (AvgIpc) is 1.91. The summed E-state index contributed by atoms with van der Waals surface area (Å²) in [6, 6.07) is 10.3. The third kappa shape index (κ3) is 2.49. The van der Waals surface area contributed by atoms with E-state index in [2.05, 4.69) is 18.7 Å². The van der Waals surface area contributed by atoms with Crippen LogP contribution in [0.4, 0.5) is 0 Å². The van der Waals surface area contributed by atoms with Crippen molar-refractivity contribution < 1.29 is 0 Å². The molecular formula is C10H11. The normalized spacial score (nSPS) is 8.00. The first-order chi connectivity index (χ1) is 4.43. The van der Waals surface area contributed by atoms with Crippen LogP contribution in [-0.2, 0) is 6.42 Å². The van der Waals surface area contributed by atoms with Gasteiger partial charge in [-0.25, -0.2) is 0 Å². The van der Waals surface area contributed by atoms with Crippen LogP contribution in [0.2, 0.25) is 0 Å². The quantitative estimate of drug-likeness (QED) is 0.541. The Morgan fingerprint density at radius 1 is 1.20 bits per heavy atom. The second kappa shape index (κ2) is 4.80. The molecule has 0 unspecified atom stereocenters. The molecule has 0 bridgehead atoms. The minimum atomic E-state index is 0. The molecular weight excluding hydrogens is 120 g/mol. The second-order valence-corrected chi connectivity index (χ2v) is 1.98. The smallest absolute Gasteiger partial charge is 0.0100 e. The van der Waals surface area contributed by atoms with Gasteiger partial charge in [-0.3, -0.25) is 0 Å². The predicted molar refractivity (Wildman–Crippen MR) is 44.6 cm³/mol. The molecule has 0 aliphatic rings. The number of rotatable bonds is 2. The Kier molecular flexibility index (Phi) is 4.30. The minimum absolute atomic E-state index is 0. The van der Waals surface area contributed by atoms with Crippen molar-refractivity contribution in [2.75, 3.05) is 0 Å². The second-order valence-electron chi connectivity index (χ2n) is 1.98. The topological polar surface area (TPSA) is 0 Å². The summed E-state index contributed by atoms with van der Waals surface area (Å²) in [7, 11) is 0. The van der Waals surface area contributed by atoms with Gasteiger partial charge in [0.1, 0.15) is 0 Å². The standard InChI is InChI=1S/C9H10.CH/c1-2-6-9-7-4-3-5-8-9;/h2-5,7-8H,1,6H2;1H. The molecule has 0 heterocycles. The van der Waals surface area contributed by atoms with Gasteiger partial charge in [-0.15, -0.1) is 6.58 Å². The van der Waals surface area contributed by atoms with Gasteiger partial charge in [0, 0.05) is 0 Å². The van der Waals surface area contributed by atoms with Crippen LogP contribution in [0.5, 0.6) is 0 Å². The van der Waals surface area contributed by atoms with Crippen molar-refractivity contribution in [1.82, 2.24) is 0 Å². The van der Waals surface area contributed by atoms with Gasteiger partial charge < -0.3 is 0 Å². The number of hydrogen-bond donors (Lipinski definition) is 0. The first kappa shape index (κ1) is 8.96. The minimum Gasteiger partial charge on any atom is -0.103 e. The Balaban J connectivity index is 0.000000810. The van der Waals surface area contributed by atoms with Crippen LogP contribution in [-0.4, -0.2) is 0 Å². The molecule has 0 fully saturated rings. The largest absolute Gasteiger partial charge is 0.103 e. The molecule has 0 spiro atoms. The third-order valence-corrected chi connectivity index (χ3v) is 1.22. The highest BCUT2D eigenvalue weighted by atomic mass is 13.9. The van der Waals surface area contributed by atoms with E-state index in [0.29, 0.717) is 0 Å². The van der Waals surface area contributed by atoms with Crippen molar-refractivity contribution >= 4 is 0 Å². The first-order valence-corrected chi connectivity index (χ1v) is 3.08. The number of allylic oxidation sites excluding steroid dienone is 1. The molecule has 0 nitrogen and oxygen atoms in total. The fourth-order valence-corrected chi connectivity index (χ4v) is 0.781. The highest BCUT2D eigenvalue weighted by Gasteiger charge is 1.82. The van der Waals surface area contributed by atoms with Gasteiger partial charge in [-0.05, 0) is 19.4 Å². The predicted octanol–water partition coefficient (Wildman–Crippen LogP) is 2.62. The lowest BCUT2D eigenvalue weighted by Crippen LogP contribution is -1.75. The van der Waals surface area contributed by atoms with Gasteiger partial charge >= 0.3 is 0 Å². The molecule has 0 aromatic heterocycles. The van der Waals surface area contributed by atoms with Crippen LogP contribution in [0.15, 0.2) is 43.0 Å². The molecule has 0 N–H and O–H groups in total. The maximum atomic E-state index is 3.66. The van der Waals surface area contributed by atoms with E-state index in [1.54, 1.807) is 0 Å². The summed E-state index contributed by atoms with van der Waals surface area (Å²) >= 11 is 0. The van der Waals surface area contributed by atoms with Gasteiger partial charge in [0.2, 0.25) is 0 Å². The maximum absolute atomic E-state index is 3.66. The lowest BCUT2D eigenvalue weighted by atomic mass is 10.2. The Bertz CT molecular complexity index is 174. The zero-order valence-electron chi connectivity index (χ0n) is 5.96. The fourth-order valence-electron chi connectivity index (χ4n) is 0.781. The van der Waals surface area contributed by atoms with Crippen molar-refractivity contribution in [3.63, 3.8) is 0 Å². The summed E-state index contributed by atoms with van der Waals surface area (Å²) in [4.78, 5) is 0. The maximum Gasteiger partial charge on any atom is -0.0100 e. The summed E-state index contributed by atoms with van der Waals surface area (Å²) in [5, 5.41) is 0. The molecule has 51 valence electrons. The van der Waals surface area contributed by atoms with Crippen LogP contribution in [0.1, 0.15) is 5.56 Å². The van der Waals surface area contributed by atoms with Gasteiger partial charge in [0.25, 0.3) is 0 Å². The van der Waals surface area contributed by atoms with Crippen LogP contribution in [0.25, 0.3) is 0 Å². The highest BCUT2D eigenvalue weighted by Crippen LogP contribution is 1.98. The molecule has 0 saturated heterocycles. The molecule has 0 amide bonds. The first-order valence-electron chi connectivity index (χ1n) is 3.08. The Morgan fingerprint density at radius 2 is 1.80 bits per heavy atom.